The van der Waals surface area contributed by atoms with Crippen LogP contribution >= 0.6 is 24.0 Å². The van der Waals surface area contributed by atoms with E-state index in [1.807, 2.05) is 19.2 Å². The highest BCUT2D eigenvalue weighted by Crippen LogP contribution is 2.60. The van der Waals surface area contributed by atoms with Crippen molar-refractivity contribution in [3.05, 3.63) is 59.7 Å². The van der Waals surface area contributed by atoms with Gasteiger partial charge in [0.25, 0.3) is 0 Å². The summed E-state index contributed by atoms with van der Waals surface area (Å²) in [6.07, 6.45) is 2.34. The highest BCUT2D eigenvalue weighted by atomic mass is 127. The maximum absolute atomic E-state index is 5.53. The fraction of sp³-hybridized carbons (Fsp3) is 0.458. The fourth-order valence-electron chi connectivity index (χ4n) is 5.35. The second kappa shape index (κ2) is 9.04. The van der Waals surface area contributed by atoms with E-state index in [1.54, 1.807) is 18.2 Å². The van der Waals surface area contributed by atoms with Crippen LogP contribution in [0.3, 0.4) is 0 Å². The Morgan fingerprint density at radius 2 is 1.97 bits per heavy atom. The zero-order valence-electron chi connectivity index (χ0n) is 17.7. The van der Waals surface area contributed by atoms with Gasteiger partial charge < -0.3 is 20.3 Å². The number of nitrogens with zero attached hydrogens (tertiary/aromatic N) is 2. The zero-order chi connectivity index (χ0) is 19.8. The molecule has 0 spiro atoms. The molecule has 2 fully saturated rings. The van der Waals surface area contributed by atoms with Gasteiger partial charge in [0.15, 0.2) is 5.96 Å². The molecule has 5 nitrogen and oxygen atoms in total. The molecular formula is C24H31IN4O. The Balaban J connectivity index is 0.00000218. The quantitative estimate of drug-likeness (QED) is 0.361. The average Bonchev–Trinajstić information content (AvgIpc) is 3.09. The van der Waals surface area contributed by atoms with E-state index in [-0.39, 0.29) is 24.0 Å². The van der Waals surface area contributed by atoms with Crippen LogP contribution in [0, 0.1) is 11.8 Å². The van der Waals surface area contributed by atoms with Crippen molar-refractivity contribution in [3.63, 3.8) is 0 Å². The molecular weight excluding hydrogens is 487 g/mol. The first-order valence-electron chi connectivity index (χ1n) is 10.7. The van der Waals surface area contributed by atoms with E-state index >= 15 is 0 Å². The van der Waals surface area contributed by atoms with E-state index < -0.39 is 0 Å². The predicted octanol–water partition coefficient (Wildman–Crippen LogP) is 3.64. The van der Waals surface area contributed by atoms with Crippen molar-refractivity contribution in [2.45, 2.75) is 24.8 Å². The summed E-state index contributed by atoms with van der Waals surface area (Å²) in [5.74, 6) is 4.19. The smallest absolute Gasteiger partial charge is 0.191 e. The average molecular weight is 518 g/mol. The summed E-state index contributed by atoms with van der Waals surface area (Å²) < 4.78 is 5.53. The molecule has 1 heterocycles. The molecule has 0 amide bonds. The van der Waals surface area contributed by atoms with Gasteiger partial charge in [-0.15, -0.1) is 24.0 Å². The Kier molecular flexibility index (Phi) is 6.41. The third-order valence-corrected chi connectivity index (χ3v) is 6.89. The lowest BCUT2D eigenvalue weighted by Crippen LogP contribution is -2.45. The van der Waals surface area contributed by atoms with E-state index in [0.717, 1.165) is 55.5 Å². The summed E-state index contributed by atoms with van der Waals surface area (Å²) in [7, 11) is 3.60. The van der Waals surface area contributed by atoms with Crippen LogP contribution in [0.2, 0.25) is 0 Å². The first kappa shape index (κ1) is 21.3. The maximum atomic E-state index is 5.53. The standard InChI is InChI=1S/C24H30N4O.HI/c1-25-24(26-14-20-19-13-16-7-3-4-8-18(16)23(19)20)27-17-11-12-28(15-17)21-9-5-6-10-22(21)29-2;/h3-10,17,19-20,23H,11-15H2,1-2H3,(H2,25,26,27);1H. The molecule has 4 atom stereocenters. The van der Waals surface area contributed by atoms with Crippen LogP contribution in [0.1, 0.15) is 23.5 Å². The van der Waals surface area contributed by atoms with Crippen LogP contribution in [0.25, 0.3) is 0 Å². The molecule has 0 radical (unpaired) electrons. The molecule has 2 aromatic carbocycles. The molecule has 2 N–H and O–H groups in total. The molecule has 30 heavy (non-hydrogen) atoms. The van der Waals surface area contributed by atoms with Gasteiger partial charge in [0.1, 0.15) is 5.75 Å². The Hall–Kier alpha value is -1.96. The molecule has 6 heteroatoms. The minimum Gasteiger partial charge on any atom is -0.495 e. The molecule has 2 aromatic rings. The number of ether oxygens (including phenoxy) is 1. The highest BCUT2D eigenvalue weighted by molar-refractivity contribution is 14.0. The van der Waals surface area contributed by atoms with E-state index in [9.17, 15) is 0 Å². The van der Waals surface area contributed by atoms with Crippen molar-refractivity contribution < 1.29 is 4.74 Å². The molecule has 0 aromatic heterocycles. The van der Waals surface area contributed by atoms with Gasteiger partial charge in [-0.3, -0.25) is 4.99 Å². The summed E-state index contributed by atoms with van der Waals surface area (Å²) in [5, 5.41) is 7.22. The van der Waals surface area contributed by atoms with E-state index in [0.29, 0.717) is 6.04 Å². The first-order chi connectivity index (χ1) is 14.3. The number of aliphatic imine (C=N–C) groups is 1. The van der Waals surface area contributed by atoms with Gasteiger partial charge >= 0.3 is 0 Å². The SMILES string of the molecule is CN=C(NCC1C2Cc3ccccc3C12)NC1CCN(c2ccccc2OC)C1.I. The molecule has 1 saturated heterocycles. The lowest BCUT2D eigenvalue weighted by atomic mass is 10.0. The maximum Gasteiger partial charge on any atom is 0.191 e. The lowest BCUT2D eigenvalue weighted by Gasteiger charge is -2.22. The molecule has 1 aliphatic heterocycles. The molecule has 2 aliphatic carbocycles. The number of benzene rings is 2. The summed E-state index contributed by atoms with van der Waals surface area (Å²) in [4.78, 5) is 6.87. The van der Waals surface area contributed by atoms with Gasteiger partial charge in [0, 0.05) is 32.7 Å². The number of hydrogen-bond donors (Lipinski definition) is 2. The molecule has 160 valence electrons. The minimum atomic E-state index is 0. The second-order valence-corrected chi connectivity index (χ2v) is 8.46. The van der Waals surface area contributed by atoms with E-state index in [2.05, 4.69) is 56.9 Å². The van der Waals surface area contributed by atoms with Gasteiger partial charge in [-0.1, -0.05) is 36.4 Å². The number of rotatable bonds is 5. The van der Waals surface area contributed by atoms with Crippen LogP contribution in [0.4, 0.5) is 5.69 Å². The number of hydrogen-bond acceptors (Lipinski definition) is 3. The number of anilines is 1. The van der Waals surface area contributed by atoms with Crippen molar-refractivity contribution in [3.8, 4) is 5.75 Å². The molecule has 3 aliphatic rings. The summed E-state index contributed by atoms with van der Waals surface area (Å²) in [6.45, 7) is 2.99. The van der Waals surface area contributed by atoms with Gasteiger partial charge in [-0.25, -0.2) is 0 Å². The topological polar surface area (TPSA) is 48.9 Å². The fourth-order valence-corrected chi connectivity index (χ4v) is 5.35. The number of para-hydroxylation sites is 2. The molecule has 0 bridgehead atoms. The number of halogens is 1. The van der Waals surface area contributed by atoms with Gasteiger partial charge in [-0.2, -0.15) is 0 Å². The zero-order valence-corrected chi connectivity index (χ0v) is 20.0. The molecule has 1 saturated carbocycles. The van der Waals surface area contributed by atoms with Crippen LogP contribution < -0.4 is 20.3 Å². The minimum absolute atomic E-state index is 0. The van der Waals surface area contributed by atoms with Gasteiger partial charge in [0.2, 0.25) is 0 Å². The monoisotopic (exact) mass is 518 g/mol. The Morgan fingerprint density at radius 1 is 1.17 bits per heavy atom. The third kappa shape index (κ3) is 3.98. The van der Waals surface area contributed by atoms with Crippen LogP contribution in [-0.2, 0) is 6.42 Å². The van der Waals surface area contributed by atoms with Crippen molar-refractivity contribution in [2.75, 3.05) is 38.7 Å². The molecule has 5 rings (SSSR count). The van der Waals surface area contributed by atoms with Crippen molar-refractivity contribution >= 4 is 35.6 Å². The predicted molar refractivity (Wildman–Crippen MR) is 133 cm³/mol. The Bertz CT molecular complexity index is 918. The van der Waals surface area contributed by atoms with Crippen LogP contribution in [0.5, 0.6) is 5.75 Å². The highest BCUT2D eigenvalue weighted by Gasteiger charge is 2.54. The Morgan fingerprint density at radius 3 is 2.80 bits per heavy atom. The first-order valence-corrected chi connectivity index (χ1v) is 10.7. The molecule has 4 unspecified atom stereocenters. The largest absolute Gasteiger partial charge is 0.495 e. The van der Waals surface area contributed by atoms with Gasteiger partial charge in [0.05, 0.1) is 12.8 Å². The van der Waals surface area contributed by atoms with Crippen molar-refractivity contribution in [1.82, 2.24) is 10.6 Å². The van der Waals surface area contributed by atoms with Crippen molar-refractivity contribution in [1.29, 1.82) is 0 Å². The number of methoxy groups -OCH3 is 1. The second-order valence-electron chi connectivity index (χ2n) is 8.46. The number of fused-ring (bicyclic) bond motifs is 3. The Labute approximate surface area is 196 Å². The summed E-state index contributed by atoms with van der Waals surface area (Å²) >= 11 is 0. The lowest BCUT2D eigenvalue weighted by molar-refractivity contribution is 0.415. The normalized spacial score (nSPS) is 26.5. The number of guanidine groups is 1. The van der Waals surface area contributed by atoms with Gasteiger partial charge in [-0.05, 0) is 53.9 Å². The van der Waals surface area contributed by atoms with Crippen LogP contribution in [0.15, 0.2) is 53.5 Å². The van der Waals surface area contributed by atoms with E-state index in [1.165, 1.54) is 12.1 Å². The third-order valence-electron chi connectivity index (χ3n) is 6.89. The van der Waals surface area contributed by atoms with Crippen LogP contribution in [-0.4, -0.2) is 45.8 Å². The summed E-state index contributed by atoms with van der Waals surface area (Å²) in [5.41, 5.74) is 4.31. The summed E-state index contributed by atoms with van der Waals surface area (Å²) in [6, 6.07) is 17.6. The van der Waals surface area contributed by atoms with Crippen molar-refractivity contribution in [2.24, 2.45) is 16.8 Å². The van der Waals surface area contributed by atoms with E-state index in [4.69, 9.17) is 4.74 Å². The number of nitrogens with one attached hydrogen (secondary N) is 2.